The zero-order valence-electron chi connectivity index (χ0n) is 44.2. The summed E-state index contributed by atoms with van der Waals surface area (Å²) in [6, 6.07) is 0. The van der Waals surface area contributed by atoms with Crippen LogP contribution in [0.1, 0.15) is 194 Å². The van der Waals surface area contributed by atoms with Crippen molar-refractivity contribution in [1.29, 1.82) is 0 Å². The number of carbonyl (C=O) groups excluding carboxylic acids is 3. The molecule has 0 spiro atoms. The van der Waals surface area contributed by atoms with E-state index >= 15 is 0 Å². The third kappa shape index (κ3) is 53.7. The van der Waals surface area contributed by atoms with Gasteiger partial charge < -0.3 is 14.2 Å². The smallest absolute Gasteiger partial charge is 0.306 e. The molecule has 70 heavy (non-hydrogen) atoms. The van der Waals surface area contributed by atoms with Gasteiger partial charge in [0.1, 0.15) is 13.2 Å². The topological polar surface area (TPSA) is 78.9 Å². The molecule has 0 aliphatic rings. The lowest BCUT2D eigenvalue weighted by Gasteiger charge is -2.18. The van der Waals surface area contributed by atoms with Gasteiger partial charge in [-0.1, -0.05) is 262 Å². The summed E-state index contributed by atoms with van der Waals surface area (Å²) in [6.07, 6.45) is 83.3. The first-order chi connectivity index (χ1) is 34.5. The minimum Gasteiger partial charge on any atom is -0.462 e. The van der Waals surface area contributed by atoms with Crippen LogP contribution in [0.3, 0.4) is 0 Å². The molecule has 0 rings (SSSR count). The molecule has 0 radical (unpaired) electrons. The fourth-order valence-electron chi connectivity index (χ4n) is 6.73. The van der Waals surface area contributed by atoms with Crippen LogP contribution in [0.4, 0.5) is 0 Å². The third-order valence-corrected chi connectivity index (χ3v) is 10.8. The van der Waals surface area contributed by atoms with Crippen LogP contribution in [-0.4, -0.2) is 37.2 Å². The Morgan fingerprint density at radius 2 is 0.557 bits per heavy atom. The van der Waals surface area contributed by atoms with Crippen molar-refractivity contribution in [2.24, 2.45) is 0 Å². The molecule has 6 heteroatoms. The standard InChI is InChI=1S/C64H96O6/c1-4-7-10-13-16-19-22-25-28-31-34-36-39-42-45-48-51-54-57-63(66)69-60-61(70-64(67)58-55-52-49-46-43-40-37-33-30-27-24-21-18-15-12-9-6-3)59-68-62(65)56-53-50-47-44-41-38-35-32-29-26-23-20-17-14-11-8-5-2/h8-9,11-12,14-15,17-18,20-21,23-24,26-38,40-41,43,61H,4-7,10,13,16,19,22,25,39,42,44-60H2,1-3H3/b11-8-,12-9-,17-14-,18-15-,23-20-,24-21-,29-26-,30-27-,31-28-,35-32+,36-34-,37-33+,41-38-,43-40-. The number of rotatable bonds is 46. The van der Waals surface area contributed by atoms with Crippen LogP contribution in [0.15, 0.2) is 170 Å². The van der Waals surface area contributed by atoms with E-state index in [4.69, 9.17) is 14.2 Å². The molecule has 388 valence electrons. The molecule has 0 heterocycles. The number of allylic oxidation sites excluding steroid dienone is 28. The van der Waals surface area contributed by atoms with Gasteiger partial charge in [-0.2, -0.15) is 0 Å². The van der Waals surface area contributed by atoms with E-state index < -0.39 is 6.10 Å². The highest BCUT2D eigenvalue weighted by Crippen LogP contribution is 2.12. The number of unbranched alkanes of at least 4 members (excludes halogenated alkanes) is 18. The van der Waals surface area contributed by atoms with Crippen molar-refractivity contribution in [3.8, 4) is 0 Å². The molecule has 0 bridgehead atoms. The van der Waals surface area contributed by atoms with E-state index in [1.165, 1.54) is 51.4 Å². The van der Waals surface area contributed by atoms with Crippen LogP contribution in [0, 0.1) is 0 Å². The van der Waals surface area contributed by atoms with Gasteiger partial charge in [-0.15, -0.1) is 0 Å². The second-order valence-corrected chi connectivity index (χ2v) is 17.4. The molecule has 1 atom stereocenters. The Bertz CT molecular complexity index is 1670. The molecule has 0 saturated heterocycles. The van der Waals surface area contributed by atoms with Crippen LogP contribution in [0.5, 0.6) is 0 Å². The number of hydrogen-bond donors (Lipinski definition) is 0. The Labute approximate surface area is 428 Å². The molecule has 6 nitrogen and oxygen atoms in total. The van der Waals surface area contributed by atoms with Gasteiger partial charge in [0.25, 0.3) is 0 Å². The molecule has 0 amide bonds. The van der Waals surface area contributed by atoms with Gasteiger partial charge in [0.15, 0.2) is 6.10 Å². The lowest BCUT2D eigenvalue weighted by Crippen LogP contribution is -2.30. The van der Waals surface area contributed by atoms with Crippen molar-refractivity contribution in [1.82, 2.24) is 0 Å². The minimum atomic E-state index is -0.837. The van der Waals surface area contributed by atoms with Gasteiger partial charge in [0.2, 0.25) is 0 Å². The highest BCUT2D eigenvalue weighted by Gasteiger charge is 2.19. The maximum absolute atomic E-state index is 12.8. The zero-order valence-corrected chi connectivity index (χ0v) is 44.2. The summed E-state index contributed by atoms with van der Waals surface area (Å²) in [7, 11) is 0. The van der Waals surface area contributed by atoms with Crippen molar-refractivity contribution in [2.45, 2.75) is 200 Å². The summed E-state index contributed by atoms with van der Waals surface area (Å²) in [6.45, 7) is 6.23. The van der Waals surface area contributed by atoms with E-state index in [0.29, 0.717) is 19.3 Å². The van der Waals surface area contributed by atoms with E-state index in [1.54, 1.807) is 0 Å². The van der Waals surface area contributed by atoms with Gasteiger partial charge >= 0.3 is 17.9 Å². The summed E-state index contributed by atoms with van der Waals surface area (Å²) in [4.78, 5) is 38.1. The van der Waals surface area contributed by atoms with Crippen LogP contribution in [0.2, 0.25) is 0 Å². The van der Waals surface area contributed by atoms with Crippen molar-refractivity contribution >= 4 is 17.9 Å². The van der Waals surface area contributed by atoms with Crippen molar-refractivity contribution in [2.75, 3.05) is 13.2 Å². The summed E-state index contributed by atoms with van der Waals surface area (Å²) >= 11 is 0. The van der Waals surface area contributed by atoms with E-state index in [1.807, 2.05) is 122 Å². The molecule has 0 aromatic rings. The maximum Gasteiger partial charge on any atom is 0.306 e. The lowest BCUT2D eigenvalue weighted by molar-refractivity contribution is -0.167. The molecule has 0 aliphatic carbocycles. The van der Waals surface area contributed by atoms with Gasteiger partial charge in [0.05, 0.1) is 0 Å². The number of hydrogen-bond acceptors (Lipinski definition) is 6. The van der Waals surface area contributed by atoms with Crippen LogP contribution >= 0.6 is 0 Å². The third-order valence-electron chi connectivity index (χ3n) is 10.8. The second kappa shape index (κ2) is 56.4. The fourth-order valence-corrected chi connectivity index (χ4v) is 6.73. The number of esters is 3. The average molecular weight is 961 g/mol. The van der Waals surface area contributed by atoms with Gasteiger partial charge in [0, 0.05) is 19.3 Å². The first kappa shape index (κ1) is 64.8. The molecule has 0 saturated carbocycles. The molecule has 0 aromatic carbocycles. The zero-order chi connectivity index (χ0) is 50.7. The first-order valence-electron chi connectivity index (χ1n) is 27.3. The van der Waals surface area contributed by atoms with Crippen molar-refractivity contribution in [3.63, 3.8) is 0 Å². The largest absolute Gasteiger partial charge is 0.462 e. The Morgan fingerprint density at radius 3 is 0.900 bits per heavy atom. The Kier molecular flexibility index (Phi) is 52.1. The Balaban J connectivity index is 4.64. The second-order valence-electron chi connectivity index (χ2n) is 17.4. The van der Waals surface area contributed by atoms with E-state index in [-0.39, 0.29) is 44.0 Å². The molecule has 0 N–H and O–H groups in total. The predicted molar refractivity (Wildman–Crippen MR) is 301 cm³/mol. The first-order valence-corrected chi connectivity index (χ1v) is 27.3. The number of carbonyl (C=O) groups is 3. The van der Waals surface area contributed by atoms with Crippen molar-refractivity contribution < 1.29 is 28.6 Å². The molecule has 0 aromatic heterocycles. The van der Waals surface area contributed by atoms with E-state index in [9.17, 15) is 14.4 Å². The molecule has 1 unspecified atom stereocenters. The predicted octanol–water partition coefficient (Wildman–Crippen LogP) is 18.4. The fraction of sp³-hybridized carbons (Fsp3) is 0.516. The average Bonchev–Trinajstić information content (AvgIpc) is 3.36. The summed E-state index contributed by atoms with van der Waals surface area (Å²) < 4.78 is 16.7. The quantitative estimate of drug-likeness (QED) is 0.0262. The lowest BCUT2D eigenvalue weighted by atomic mass is 10.1. The van der Waals surface area contributed by atoms with Crippen LogP contribution in [-0.2, 0) is 28.6 Å². The van der Waals surface area contributed by atoms with Gasteiger partial charge in [-0.25, -0.2) is 0 Å². The summed E-state index contributed by atoms with van der Waals surface area (Å²) in [5, 5.41) is 0. The van der Waals surface area contributed by atoms with E-state index in [0.717, 1.165) is 89.9 Å². The molecular weight excluding hydrogens is 865 g/mol. The van der Waals surface area contributed by atoms with E-state index in [2.05, 4.69) is 69.4 Å². The van der Waals surface area contributed by atoms with Gasteiger partial charge in [-0.3, -0.25) is 14.4 Å². The minimum absolute atomic E-state index is 0.128. The van der Waals surface area contributed by atoms with Gasteiger partial charge in [-0.05, 0) is 83.5 Å². The van der Waals surface area contributed by atoms with Crippen molar-refractivity contribution in [3.05, 3.63) is 170 Å². The molecular formula is C64H96O6. The monoisotopic (exact) mass is 961 g/mol. The maximum atomic E-state index is 12.8. The molecule has 0 fully saturated rings. The highest BCUT2D eigenvalue weighted by atomic mass is 16.6. The molecule has 0 aliphatic heterocycles. The Morgan fingerprint density at radius 1 is 0.300 bits per heavy atom. The number of ether oxygens (including phenoxy) is 3. The van der Waals surface area contributed by atoms with Crippen LogP contribution in [0.25, 0.3) is 0 Å². The summed E-state index contributed by atoms with van der Waals surface area (Å²) in [5.74, 6) is -1.04. The van der Waals surface area contributed by atoms with Crippen LogP contribution < -0.4 is 0 Å². The normalized spacial score (nSPS) is 13.5. The Hall–Kier alpha value is -5.23. The SMILES string of the molecule is CC\C=C/C=C\C=C/C=C\C=C\C=C/CCCCCC(=O)OCC(COC(=O)CCCCCCC/C=C\C=C/CCCCCCCCC)OC(=O)CCCCC\C=C/C=C/C=C\C=C/C=C\C=C/CC. The highest BCUT2D eigenvalue weighted by molar-refractivity contribution is 5.71. The summed E-state index contributed by atoms with van der Waals surface area (Å²) in [5.41, 5.74) is 0.